The highest BCUT2D eigenvalue weighted by atomic mass is 16.3. The molecule has 0 unspecified atom stereocenters. The van der Waals surface area contributed by atoms with Crippen LogP contribution in [0.4, 0.5) is 0 Å². The molecular weight excluding hydrogens is 228 g/mol. The Morgan fingerprint density at radius 3 is 1.22 bits per heavy atom. The van der Waals surface area contributed by atoms with Gasteiger partial charge in [-0.2, -0.15) is 0 Å². The number of benzene rings is 2. The van der Waals surface area contributed by atoms with Gasteiger partial charge >= 0.3 is 0 Å². The van der Waals surface area contributed by atoms with Gasteiger partial charge in [0, 0.05) is 23.6 Å². The Balaban J connectivity index is 0.000000180. The third kappa shape index (κ3) is 3.75. The Hall–Kier alpha value is -2.62. The van der Waals surface area contributed by atoms with Crippen molar-refractivity contribution in [2.45, 2.75) is 0 Å². The zero-order chi connectivity index (χ0) is 13.4. The van der Waals surface area contributed by atoms with Gasteiger partial charge in [0.1, 0.15) is 11.5 Å². The third-order valence-corrected chi connectivity index (χ3v) is 2.18. The minimum atomic E-state index is 0.160. The molecule has 0 atom stereocenters. The second-order valence-corrected chi connectivity index (χ2v) is 3.41. The predicted octanol–water partition coefficient (Wildman–Crippen LogP) is 2.78. The zero-order valence-corrected chi connectivity index (χ0v) is 9.67. The van der Waals surface area contributed by atoms with Crippen molar-refractivity contribution in [1.82, 2.24) is 0 Å². The predicted molar refractivity (Wildman–Crippen MR) is 72.0 cm³/mol. The van der Waals surface area contributed by atoms with Gasteiger partial charge in [-0.05, 0) is 24.3 Å². The van der Waals surface area contributed by atoms with Crippen molar-refractivity contribution >= 4 is 12.4 Å². The summed E-state index contributed by atoms with van der Waals surface area (Å²) in [6, 6.07) is 13.5. The lowest BCUT2D eigenvalue weighted by Gasteiger charge is -1.92. The third-order valence-electron chi connectivity index (χ3n) is 2.18. The molecule has 0 fully saturated rings. The first-order valence-electron chi connectivity index (χ1n) is 5.26. The number of hydrogen-bond donors (Lipinski definition) is 4. The largest absolute Gasteiger partial charge is 0.507 e. The summed E-state index contributed by atoms with van der Waals surface area (Å²) < 4.78 is 0. The number of para-hydroxylation sites is 2. The van der Waals surface area contributed by atoms with Gasteiger partial charge in [-0.15, -0.1) is 0 Å². The normalized spacial score (nSPS) is 8.89. The van der Waals surface area contributed by atoms with E-state index in [-0.39, 0.29) is 11.5 Å². The molecule has 0 amide bonds. The van der Waals surface area contributed by atoms with Gasteiger partial charge in [0.2, 0.25) is 0 Å². The van der Waals surface area contributed by atoms with Crippen LogP contribution in [0.5, 0.6) is 11.5 Å². The summed E-state index contributed by atoms with van der Waals surface area (Å²) >= 11 is 0. The van der Waals surface area contributed by atoms with Crippen molar-refractivity contribution in [3.63, 3.8) is 0 Å². The minimum absolute atomic E-state index is 0.160. The molecule has 0 aromatic heterocycles. The van der Waals surface area contributed by atoms with Crippen LogP contribution in [0.2, 0.25) is 0 Å². The van der Waals surface area contributed by atoms with E-state index in [0.29, 0.717) is 11.1 Å². The van der Waals surface area contributed by atoms with Crippen LogP contribution < -0.4 is 0 Å². The summed E-state index contributed by atoms with van der Waals surface area (Å²) in [5.74, 6) is 0.319. The highest BCUT2D eigenvalue weighted by Gasteiger charge is 1.91. The second kappa shape index (κ2) is 6.85. The van der Waals surface area contributed by atoms with Gasteiger partial charge in [0.15, 0.2) is 0 Å². The molecule has 92 valence electrons. The lowest BCUT2D eigenvalue weighted by atomic mass is 10.2. The molecule has 0 aliphatic carbocycles. The number of phenols is 2. The van der Waals surface area contributed by atoms with Crippen LogP contribution in [-0.4, -0.2) is 22.6 Å². The van der Waals surface area contributed by atoms with E-state index < -0.39 is 0 Å². The molecule has 4 nitrogen and oxygen atoms in total. The van der Waals surface area contributed by atoms with E-state index >= 15 is 0 Å². The molecule has 0 aliphatic rings. The lowest BCUT2D eigenvalue weighted by Crippen LogP contribution is -1.77. The average molecular weight is 242 g/mol. The quantitative estimate of drug-likeness (QED) is 0.610. The molecule has 0 bridgehead atoms. The molecular formula is C14H14N2O2. The minimum Gasteiger partial charge on any atom is -0.507 e. The van der Waals surface area contributed by atoms with Crippen molar-refractivity contribution in [2.24, 2.45) is 0 Å². The molecule has 2 aromatic rings. The van der Waals surface area contributed by atoms with Gasteiger partial charge in [0.05, 0.1) is 0 Å². The number of aromatic hydroxyl groups is 2. The fourth-order valence-electron chi connectivity index (χ4n) is 1.22. The summed E-state index contributed by atoms with van der Waals surface area (Å²) in [6.07, 6.45) is 2.24. The SMILES string of the molecule is N=Cc1ccccc1O.N=Cc1ccccc1O. The van der Waals surface area contributed by atoms with Crippen LogP contribution in [0.25, 0.3) is 0 Å². The van der Waals surface area contributed by atoms with Gasteiger partial charge in [-0.3, -0.25) is 0 Å². The van der Waals surface area contributed by atoms with Crippen molar-refractivity contribution in [3.05, 3.63) is 59.7 Å². The molecule has 0 radical (unpaired) electrons. The molecule has 2 rings (SSSR count). The molecule has 0 spiro atoms. The van der Waals surface area contributed by atoms with Crippen molar-refractivity contribution in [2.75, 3.05) is 0 Å². The summed E-state index contributed by atoms with van der Waals surface area (Å²) in [7, 11) is 0. The summed E-state index contributed by atoms with van der Waals surface area (Å²) in [4.78, 5) is 0. The van der Waals surface area contributed by atoms with Crippen molar-refractivity contribution in [3.8, 4) is 11.5 Å². The summed E-state index contributed by atoms with van der Waals surface area (Å²) in [6.45, 7) is 0. The Labute approximate surface area is 105 Å². The van der Waals surface area contributed by atoms with Crippen LogP contribution in [0, 0.1) is 10.8 Å². The van der Waals surface area contributed by atoms with Crippen LogP contribution >= 0.6 is 0 Å². The van der Waals surface area contributed by atoms with Crippen LogP contribution in [0.1, 0.15) is 11.1 Å². The summed E-state index contributed by atoms with van der Waals surface area (Å²) in [5, 5.41) is 31.5. The highest BCUT2D eigenvalue weighted by molar-refractivity contribution is 5.81. The van der Waals surface area contributed by atoms with E-state index in [1.165, 1.54) is 0 Å². The van der Waals surface area contributed by atoms with Gasteiger partial charge in [-0.1, -0.05) is 24.3 Å². The zero-order valence-electron chi connectivity index (χ0n) is 9.67. The second-order valence-electron chi connectivity index (χ2n) is 3.41. The van der Waals surface area contributed by atoms with Crippen LogP contribution in [0.15, 0.2) is 48.5 Å². The van der Waals surface area contributed by atoms with Gasteiger partial charge in [0.25, 0.3) is 0 Å². The number of phenolic OH excluding ortho intramolecular Hbond substituents is 2. The maximum absolute atomic E-state index is 8.96. The fourth-order valence-corrected chi connectivity index (χ4v) is 1.22. The molecule has 18 heavy (non-hydrogen) atoms. The Morgan fingerprint density at radius 2 is 1.00 bits per heavy atom. The maximum atomic E-state index is 8.96. The van der Waals surface area contributed by atoms with E-state index in [1.54, 1.807) is 48.5 Å². The van der Waals surface area contributed by atoms with Crippen LogP contribution in [0.3, 0.4) is 0 Å². The van der Waals surface area contributed by atoms with E-state index in [1.807, 2.05) is 0 Å². The smallest absolute Gasteiger partial charge is 0.124 e. The molecule has 4 heteroatoms. The number of rotatable bonds is 2. The summed E-state index contributed by atoms with van der Waals surface area (Å²) in [5.41, 5.74) is 1.11. The van der Waals surface area contributed by atoms with Gasteiger partial charge < -0.3 is 21.0 Å². The number of hydrogen-bond acceptors (Lipinski definition) is 4. The Morgan fingerprint density at radius 1 is 0.667 bits per heavy atom. The topological polar surface area (TPSA) is 88.2 Å². The van der Waals surface area contributed by atoms with Crippen molar-refractivity contribution < 1.29 is 10.2 Å². The standard InChI is InChI=1S/2C7H7NO/c2*8-5-6-3-1-2-4-7(6)9/h2*1-5,8-9H. The molecule has 4 N–H and O–H groups in total. The monoisotopic (exact) mass is 242 g/mol. The molecule has 0 heterocycles. The first kappa shape index (κ1) is 13.4. The molecule has 0 saturated heterocycles. The van der Waals surface area contributed by atoms with E-state index in [0.717, 1.165) is 12.4 Å². The Kier molecular flexibility index (Phi) is 5.12. The molecule has 0 aliphatic heterocycles. The molecule has 2 aromatic carbocycles. The first-order chi connectivity index (χ1) is 8.69. The van der Waals surface area contributed by atoms with Crippen molar-refractivity contribution in [1.29, 1.82) is 10.8 Å². The highest BCUT2D eigenvalue weighted by Crippen LogP contribution is 2.12. The fraction of sp³-hybridized carbons (Fsp3) is 0. The van der Waals surface area contributed by atoms with Gasteiger partial charge in [-0.25, -0.2) is 0 Å². The molecule has 0 saturated carbocycles. The van der Waals surface area contributed by atoms with Crippen LogP contribution in [-0.2, 0) is 0 Å². The maximum Gasteiger partial charge on any atom is 0.124 e. The van der Waals surface area contributed by atoms with E-state index in [9.17, 15) is 0 Å². The first-order valence-corrected chi connectivity index (χ1v) is 5.26. The lowest BCUT2D eigenvalue weighted by molar-refractivity contribution is 0.474. The Bertz CT molecular complexity index is 489. The number of nitrogens with one attached hydrogen (secondary N) is 2. The van der Waals surface area contributed by atoms with E-state index in [4.69, 9.17) is 21.0 Å². The average Bonchev–Trinajstić information content (AvgIpc) is 2.41. The van der Waals surface area contributed by atoms with E-state index in [2.05, 4.69) is 0 Å².